The molecule has 1 unspecified atom stereocenters. The molecule has 0 saturated carbocycles. The Labute approximate surface area is 138 Å². The van der Waals surface area contributed by atoms with Gasteiger partial charge < -0.3 is 4.74 Å². The SMILES string of the molecule is O=CC1OC(c2cccc3ccccc23)=Nc2cc(Cl)ccc21. The monoisotopic (exact) mass is 321 g/mol. The molecule has 3 aromatic carbocycles. The molecule has 0 fully saturated rings. The summed E-state index contributed by atoms with van der Waals surface area (Å²) >= 11 is 6.06. The van der Waals surface area contributed by atoms with E-state index in [0.717, 1.165) is 28.2 Å². The number of nitrogens with zero attached hydrogens (tertiary/aromatic N) is 1. The summed E-state index contributed by atoms with van der Waals surface area (Å²) in [7, 11) is 0. The summed E-state index contributed by atoms with van der Waals surface area (Å²) in [6.45, 7) is 0. The predicted octanol–water partition coefficient (Wildman–Crippen LogP) is 4.84. The zero-order valence-electron chi connectivity index (χ0n) is 12.1. The number of benzene rings is 3. The summed E-state index contributed by atoms with van der Waals surface area (Å²) in [5.41, 5.74) is 2.26. The minimum Gasteiger partial charge on any atom is -0.461 e. The second-order valence-corrected chi connectivity index (χ2v) is 5.76. The summed E-state index contributed by atoms with van der Waals surface area (Å²) in [4.78, 5) is 16.0. The highest BCUT2D eigenvalue weighted by atomic mass is 35.5. The minimum absolute atomic E-state index is 0.439. The van der Waals surface area contributed by atoms with Crippen LogP contribution >= 0.6 is 11.6 Å². The van der Waals surface area contributed by atoms with Crippen molar-refractivity contribution in [3.63, 3.8) is 0 Å². The number of hydrogen-bond donors (Lipinski definition) is 0. The van der Waals surface area contributed by atoms with Crippen LogP contribution in [0.25, 0.3) is 10.8 Å². The zero-order valence-corrected chi connectivity index (χ0v) is 12.8. The Bertz CT molecular complexity index is 944. The minimum atomic E-state index is -0.672. The van der Waals surface area contributed by atoms with Crippen LogP contribution in [-0.2, 0) is 9.53 Å². The standard InChI is InChI=1S/C19H12ClNO2/c20-13-8-9-16-17(10-13)21-19(23-18(16)11-22)15-7-3-5-12-4-1-2-6-14(12)15/h1-11,18H. The van der Waals surface area contributed by atoms with Crippen molar-refractivity contribution < 1.29 is 9.53 Å². The molecule has 0 aromatic heterocycles. The Morgan fingerprint density at radius 3 is 2.74 bits per heavy atom. The van der Waals surface area contributed by atoms with Gasteiger partial charge in [0.25, 0.3) is 0 Å². The van der Waals surface area contributed by atoms with Gasteiger partial charge in [0.05, 0.1) is 5.69 Å². The van der Waals surface area contributed by atoms with Gasteiger partial charge in [-0.1, -0.05) is 54.1 Å². The third-order valence-corrected chi connectivity index (χ3v) is 4.14. The van der Waals surface area contributed by atoms with Gasteiger partial charge in [-0.15, -0.1) is 0 Å². The zero-order chi connectivity index (χ0) is 15.8. The molecule has 0 saturated heterocycles. The molecule has 112 valence electrons. The summed E-state index contributed by atoms with van der Waals surface area (Å²) in [6, 6.07) is 19.2. The fourth-order valence-corrected chi connectivity index (χ4v) is 2.98. The Morgan fingerprint density at radius 2 is 1.87 bits per heavy atom. The van der Waals surface area contributed by atoms with Crippen molar-refractivity contribution in [2.45, 2.75) is 6.10 Å². The Kier molecular flexibility index (Phi) is 3.36. The topological polar surface area (TPSA) is 38.7 Å². The van der Waals surface area contributed by atoms with Gasteiger partial charge in [-0.25, -0.2) is 4.99 Å². The normalized spacial score (nSPS) is 16.4. The molecule has 1 atom stereocenters. The molecule has 4 rings (SSSR count). The smallest absolute Gasteiger partial charge is 0.222 e. The molecule has 0 amide bonds. The molecule has 1 heterocycles. The largest absolute Gasteiger partial charge is 0.461 e. The van der Waals surface area contributed by atoms with Crippen molar-refractivity contribution in [2.24, 2.45) is 4.99 Å². The van der Waals surface area contributed by atoms with Gasteiger partial charge in [0.1, 0.15) is 0 Å². The summed E-state index contributed by atoms with van der Waals surface area (Å²) in [5.74, 6) is 0.439. The first-order chi connectivity index (χ1) is 11.3. The number of aliphatic imine (C=N–C) groups is 1. The highest BCUT2D eigenvalue weighted by Gasteiger charge is 2.25. The average molecular weight is 322 g/mol. The van der Waals surface area contributed by atoms with E-state index in [1.54, 1.807) is 18.2 Å². The molecular weight excluding hydrogens is 310 g/mol. The van der Waals surface area contributed by atoms with E-state index in [-0.39, 0.29) is 0 Å². The highest BCUT2D eigenvalue weighted by molar-refractivity contribution is 6.31. The first-order valence-electron chi connectivity index (χ1n) is 7.24. The fourth-order valence-electron chi connectivity index (χ4n) is 2.81. The van der Waals surface area contributed by atoms with Gasteiger partial charge in [0.2, 0.25) is 5.90 Å². The summed E-state index contributed by atoms with van der Waals surface area (Å²) < 4.78 is 5.83. The van der Waals surface area contributed by atoms with E-state index in [1.165, 1.54) is 0 Å². The molecule has 0 bridgehead atoms. The van der Waals surface area contributed by atoms with Crippen molar-refractivity contribution >= 4 is 40.2 Å². The lowest BCUT2D eigenvalue weighted by molar-refractivity contribution is -0.114. The number of rotatable bonds is 2. The number of carbonyl (C=O) groups excluding carboxylic acids is 1. The maximum absolute atomic E-state index is 11.4. The van der Waals surface area contributed by atoms with Crippen molar-refractivity contribution in [1.29, 1.82) is 0 Å². The third kappa shape index (κ3) is 2.39. The van der Waals surface area contributed by atoms with Crippen LogP contribution in [0.1, 0.15) is 17.2 Å². The van der Waals surface area contributed by atoms with Crippen molar-refractivity contribution in [3.8, 4) is 0 Å². The molecule has 0 radical (unpaired) electrons. The lowest BCUT2D eigenvalue weighted by Gasteiger charge is -2.23. The van der Waals surface area contributed by atoms with Crippen molar-refractivity contribution in [1.82, 2.24) is 0 Å². The lowest BCUT2D eigenvalue weighted by atomic mass is 10.0. The molecule has 4 heteroatoms. The fraction of sp³-hybridized carbons (Fsp3) is 0.0526. The average Bonchev–Trinajstić information content (AvgIpc) is 2.60. The Hall–Kier alpha value is -2.65. The van der Waals surface area contributed by atoms with Crippen LogP contribution in [0.3, 0.4) is 0 Å². The molecule has 0 spiro atoms. The van der Waals surface area contributed by atoms with Gasteiger partial charge in [0.15, 0.2) is 12.4 Å². The Balaban J connectivity index is 1.93. The van der Waals surface area contributed by atoms with Crippen LogP contribution in [0.5, 0.6) is 0 Å². The van der Waals surface area contributed by atoms with E-state index in [2.05, 4.69) is 4.99 Å². The van der Waals surface area contributed by atoms with Gasteiger partial charge >= 0.3 is 0 Å². The van der Waals surface area contributed by atoms with Crippen LogP contribution in [0.4, 0.5) is 5.69 Å². The number of hydrogen-bond acceptors (Lipinski definition) is 3. The van der Waals surface area contributed by atoms with Gasteiger partial charge in [-0.05, 0) is 29.0 Å². The quantitative estimate of drug-likeness (QED) is 0.633. The summed E-state index contributed by atoms with van der Waals surface area (Å²) in [6.07, 6.45) is 0.112. The van der Waals surface area contributed by atoms with Crippen LogP contribution in [0, 0.1) is 0 Å². The van der Waals surface area contributed by atoms with E-state index < -0.39 is 6.10 Å². The molecule has 1 aliphatic heterocycles. The van der Waals surface area contributed by atoms with Gasteiger partial charge in [-0.3, -0.25) is 4.79 Å². The van der Waals surface area contributed by atoms with Gasteiger partial charge in [-0.2, -0.15) is 0 Å². The number of fused-ring (bicyclic) bond motifs is 2. The second-order valence-electron chi connectivity index (χ2n) is 5.32. The van der Waals surface area contributed by atoms with Crippen LogP contribution in [0.15, 0.2) is 65.7 Å². The third-order valence-electron chi connectivity index (χ3n) is 3.90. The van der Waals surface area contributed by atoms with Gasteiger partial charge in [0, 0.05) is 16.1 Å². The van der Waals surface area contributed by atoms with Crippen LogP contribution in [0.2, 0.25) is 5.02 Å². The van der Waals surface area contributed by atoms with E-state index in [1.807, 2.05) is 42.5 Å². The lowest BCUT2D eigenvalue weighted by Crippen LogP contribution is -2.18. The van der Waals surface area contributed by atoms with E-state index in [4.69, 9.17) is 16.3 Å². The molecule has 23 heavy (non-hydrogen) atoms. The highest BCUT2D eigenvalue weighted by Crippen LogP contribution is 2.36. The Morgan fingerprint density at radius 1 is 1.04 bits per heavy atom. The van der Waals surface area contributed by atoms with Crippen molar-refractivity contribution in [3.05, 3.63) is 76.8 Å². The molecule has 0 N–H and O–H groups in total. The second kappa shape index (κ2) is 5.52. The maximum Gasteiger partial charge on any atom is 0.222 e. The maximum atomic E-state index is 11.4. The molecule has 3 nitrogen and oxygen atoms in total. The first-order valence-corrected chi connectivity index (χ1v) is 7.62. The molecular formula is C19H12ClNO2. The summed E-state index contributed by atoms with van der Waals surface area (Å²) in [5, 5.41) is 2.70. The first kappa shape index (κ1) is 14.0. The van der Waals surface area contributed by atoms with Crippen LogP contribution < -0.4 is 0 Å². The predicted molar refractivity (Wildman–Crippen MR) is 91.5 cm³/mol. The van der Waals surface area contributed by atoms with E-state index in [0.29, 0.717) is 16.6 Å². The molecule has 3 aromatic rings. The van der Waals surface area contributed by atoms with E-state index in [9.17, 15) is 4.79 Å². The number of halogens is 1. The molecule has 1 aliphatic rings. The molecule has 0 aliphatic carbocycles. The number of carbonyl (C=O) groups is 1. The van der Waals surface area contributed by atoms with Crippen LogP contribution in [-0.4, -0.2) is 12.2 Å². The van der Waals surface area contributed by atoms with Crippen molar-refractivity contribution in [2.75, 3.05) is 0 Å². The number of aldehydes is 1. The number of ether oxygens (including phenoxy) is 1. The van der Waals surface area contributed by atoms with E-state index >= 15 is 0 Å².